The van der Waals surface area contributed by atoms with Gasteiger partial charge in [-0.15, -0.1) is 0 Å². The number of aryl methyl sites for hydroxylation is 1. The van der Waals surface area contributed by atoms with Crippen LogP contribution in [-0.4, -0.2) is 16.0 Å². The number of aromatic amines is 1. The number of amides is 1. The fourth-order valence-corrected chi connectivity index (χ4v) is 3.39. The number of carbonyl (C=O) groups excluding carboxylic acids is 1. The van der Waals surface area contributed by atoms with E-state index in [2.05, 4.69) is 10.3 Å². The van der Waals surface area contributed by atoms with E-state index in [-0.39, 0.29) is 11.0 Å². The van der Waals surface area contributed by atoms with Crippen molar-refractivity contribution in [3.63, 3.8) is 0 Å². The zero-order valence-electron chi connectivity index (χ0n) is 13.6. The first-order valence-electron chi connectivity index (χ1n) is 8.36. The summed E-state index contributed by atoms with van der Waals surface area (Å²) in [6, 6.07) is 12.6. The fourth-order valence-electron chi connectivity index (χ4n) is 3.39. The molecule has 0 aliphatic heterocycles. The molecule has 126 valence electrons. The van der Waals surface area contributed by atoms with Gasteiger partial charge in [0.15, 0.2) is 0 Å². The maximum atomic E-state index is 12.5. The van der Waals surface area contributed by atoms with Crippen LogP contribution in [0.2, 0.25) is 0 Å². The monoisotopic (exact) mass is 334 g/mol. The normalized spacial score (nSPS) is 16.4. The van der Waals surface area contributed by atoms with Gasteiger partial charge >= 0.3 is 0 Å². The summed E-state index contributed by atoms with van der Waals surface area (Å²) in [7, 11) is 0. The molecule has 0 fully saturated rings. The third-order valence-electron chi connectivity index (χ3n) is 4.72. The minimum atomic E-state index is -0.496. The Balaban J connectivity index is 1.66. The third-order valence-corrected chi connectivity index (χ3v) is 4.72. The van der Waals surface area contributed by atoms with Crippen LogP contribution in [0.25, 0.3) is 10.9 Å². The third kappa shape index (κ3) is 2.83. The number of aliphatic hydroxyl groups excluding tert-OH is 1. The van der Waals surface area contributed by atoms with Crippen molar-refractivity contribution in [2.45, 2.75) is 25.4 Å². The van der Waals surface area contributed by atoms with E-state index in [4.69, 9.17) is 0 Å². The lowest BCUT2D eigenvalue weighted by Crippen LogP contribution is -2.22. The number of H-pyrrole nitrogens is 1. The van der Waals surface area contributed by atoms with E-state index in [1.807, 2.05) is 18.2 Å². The molecule has 1 aromatic heterocycles. The van der Waals surface area contributed by atoms with Gasteiger partial charge in [0.2, 0.25) is 5.43 Å². The van der Waals surface area contributed by atoms with Crippen molar-refractivity contribution in [2.75, 3.05) is 5.32 Å². The summed E-state index contributed by atoms with van der Waals surface area (Å²) in [4.78, 5) is 28.0. The summed E-state index contributed by atoms with van der Waals surface area (Å²) >= 11 is 0. The number of aromatic nitrogens is 1. The van der Waals surface area contributed by atoms with Crippen LogP contribution in [-0.2, 0) is 6.42 Å². The van der Waals surface area contributed by atoms with Crippen molar-refractivity contribution >= 4 is 22.5 Å². The molecule has 2 aromatic carbocycles. The number of para-hydroxylation sites is 1. The van der Waals surface area contributed by atoms with Gasteiger partial charge in [-0.05, 0) is 54.7 Å². The lowest BCUT2D eigenvalue weighted by Gasteiger charge is -2.22. The molecule has 1 atom stereocenters. The molecule has 0 spiro atoms. The minimum Gasteiger partial charge on any atom is -0.388 e. The van der Waals surface area contributed by atoms with Gasteiger partial charge in [0, 0.05) is 22.8 Å². The summed E-state index contributed by atoms with van der Waals surface area (Å²) in [5, 5.41) is 13.4. The van der Waals surface area contributed by atoms with Crippen LogP contribution in [0.1, 0.15) is 40.4 Å². The quantitative estimate of drug-likeness (QED) is 0.673. The minimum absolute atomic E-state index is 0.0666. The summed E-state index contributed by atoms with van der Waals surface area (Å²) in [6.45, 7) is 0. The van der Waals surface area contributed by atoms with Gasteiger partial charge in [0.1, 0.15) is 5.56 Å². The lowest BCUT2D eigenvalue weighted by atomic mass is 9.89. The first-order valence-corrected chi connectivity index (χ1v) is 8.36. The Morgan fingerprint density at radius 1 is 1.20 bits per heavy atom. The van der Waals surface area contributed by atoms with Crippen molar-refractivity contribution in [3.8, 4) is 0 Å². The average molecular weight is 334 g/mol. The number of rotatable bonds is 2. The molecule has 3 N–H and O–H groups in total. The predicted molar refractivity (Wildman–Crippen MR) is 96.9 cm³/mol. The van der Waals surface area contributed by atoms with Gasteiger partial charge in [-0.2, -0.15) is 0 Å². The van der Waals surface area contributed by atoms with Gasteiger partial charge in [-0.1, -0.05) is 18.2 Å². The van der Waals surface area contributed by atoms with E-state index in [0.29, 0.717) is 16.6 Å². The van der Waals surface area contributed by atoms with E-state index in [1.165, 1.54) is 6.20 Å². The SMILES string of the molecule is O=C(Nc1ccc2c(c1)C(O)CCC2)c1c[nH]c2ccccc2c1=O. The van der Waals surface area contributed by atoms with Crippen molar-refractivity contribution in [1.82, 2.24) is 4.98 Å². The molecule has 3 aromatic rings. The molecule has 1 aliphatic carbocycles. The number of hydrogen-bond acceptors (Lipinski definition) is 3. The van der Waals surface area contributed by atoms with Crippen LogP contribution in [0, 0.1) is 0 Å². The van der Waals surface area contributed by atoms with Gasteiger partial charge in [-0.3, -0.25) is 9.59 Å². The molecular weight excluding hydrogens is 316 g/mol. The number of hydrogen-bond donors (Lipinski definition) is 3. The second kappa shape index (κ2) is 6.18. The van der Waals surface area contributed by atoms with E-state index >= 15 is 0 Å². The Labute approximate surface area is 144 Å². The largest absolute Gasteiger partial charge is 0.388 e. The summed E-state index contributed by atoms with van der Waals surface area (Å²) in [5.41, 5.74) is 3.01. The Morgan fingerprint density at radius 2 is 2.04 bits per heavy atom. The maximum absolute atomic E-state index is 12.5. The highest BCUT2D eigenvalue weighted by Gasteiger charge is 2.19. The Bertz CT molecular complexity index is 1020. The van der Waals surface area contributed by atoms with Gasteiger partial charge in [0.05, 0.1) is 6.10 Å². The number of aliphatic hydroxyl groups is 1. The zero-order chi connectivity index (χ0) is 17.4. The molecule has 0 bridgehead atoms. The van der Waals surface area contributed by atoms with Gasteiger partial charge in [-0.25, -0.2) is 0 Å². The summed E-state index contributed by atoms with van der Waals surface area (Å²) in [5.74, 6) is -0.461. The first kappa shape index (κ1) is 15.6. The van der Waals surface area contributed by atoms with Crippen molar-refractivity contribution in [1.29, 1.82) is 0 Å². The molecule has 1 heterocycles. The average Bonchev–Trinajstić information content (AvgIpc) is 2.63. The number of fused-ring (bicyclic) bond motifs is 2. The Kier molecular flexibility index (Phi) is 3.86. The van der Waals surface area contributed by atoms with E-state index in [9.17, 15) is 14.7 Å². The zero-order valence-corrected chi connectivity index (χ0v) is 13.6. The molecule has 0 saturated carbocycles. The molecule has 0 saturated heterocycles. The van der Waals surface area contributed by atoms with Crippen molar-refractivity contribution in [2.24, 2.45) is 0 Å². The van der Waals surface area contributed by atoms with Crippen LogP contribution in [0.3, 0.4) is 0 Å². The van der Waals surface area contributed by atoms with Crippen LogP contribution in [0.5, 0.6) is 0 Å². The van der Waals surface area contributed by atoms with Crippen LogP contribution in [0.4, 0.5) is 5.69 Å². The summed E-state index contributed by atoms with van der Waals surface area (Å²) in [6.07, 6.45) is 3.57. The Morgan fingerprint density at radius 3 is 2.92 bits per heavy atom. The molecule has 1 aliphatic rings. The number of anilines is 1. The predicted octanol–water partition coefficient (Wildman–Crippen LogP) is 3.15. The number of carbonyl (C=O) groups is 1. The second-order valence-electron chi connectivity index (χ2n) is 6.35. The number of benzene rings is 2. The highest BCUT2D eigenvalue weighted by molar-refractivity contribution is 6.05. The first-order chi connectivity index (χ1) is 12.1. The van der Waals surface area contributed by atoms with E-state index in [0.717, 1.165) is 30.4 Å². The molecule has 0 radical (unpaired) electrons. The number of nitrogens with one attached hydrogen (secondary N) is 2. The molecule has 1 unspecified atom stereocenters. The molecule has 5 heteroatoms. The lowest BCUT2D eigenvalue weighted by molar-refractivity contribution is 0.102. The van der Waals surface area contributed by atoms with Gasteiger partial charge < -0.3 is 15.4 Å². The Hall–Kier alpha value is -2.92. The molecule has 5 nitrogen and oxygen atoms in total. The highest BCUT2D eigenvalue weighted by Crippen LogP contribution is 2.31. The molecule has 4 rings (SSSR count). The van der Waals surface area contributed by atoms with Gasteiger partial charge in [0.25, 0.3) is 5.91 Å². The van der Waals surface area contributed by atoms with E-state index in [1.54, 1.807) is 24.3 Å². The summed E-state index contributed by atoms with van der Waals surface area (Å²) < 4.78 is 0. The second-order valence-corrected chi connectivity index (χ2v) is 6.35. The number of pyridine rings is 1. The van der Waals surface area contributed by atoms with Crippen LogP contribution >= 0.6 is 0 Å². The van der Waals surface area contributed by atoms with Crippen molar-refractivity contribution in [3.05, 3.63) is 75.6 Å². The van der Waals surface area contributed by atoms with Crippen LogP contribution in [0.15, 0.2) is 53.5 Å². The standard InChI is InChI=1S/C20H18N2O3/c23-18-7-3-4-12-8-9-13(10-15(12)18)22-20(25)16-11-21-17-6-2-1-5-14(17)19(16)24/h1-2,5-6,8-11,18,23H,3-4,7H2,(H,21,24)(H,22,25). The molecule has 25 heavy (non-hydrogen) atoms. The van der Waals surface area contributed by atoms with E-state index < -0.39 is 12.0 Å². The molecule has 1 amide bonds. The topological polar surface area (TPSA) is 82.2 Å². The van der Waals surface area contributed by atoms with Crippen LogP contribution < -0.4 is 10.7 Å². The highest BCUT2D eigenvalue weighted by atomic mass is 16.3. The molecular formula is C20H18N2O3. The fraction of sp³-hybridized carbons (Fsp3) is 0.200. The maximum Gasteiger partial charge on any atom is 0.261 e. The van der Waals surface area contributed by atoms with Crippen molar-refractivity contribution < 1.29 is 9.90 Å². The smallest absolute Gasteiger partial charge is 0.261 e.